The molecule has 1 aromatic rings. The van der Waals surface area contributed by atoms with Gasteiger partial charge in [0.2, 0.25) is 10.0 Å². The summed E-state index contributed by atoms with van der Waals surface area (Å²) < 4.78 is 32.7. The Morgan fingerprint density at radius 1 is 1.38 bits per heavy atom. The molecule has 1 fully saturated rings. The van der Waals surface area contributed by atoms with Crippen LogP contribution < -0.4 is 4.72 Å². The SMILES string of the molecule is CC(C)NS(=O)(=O)c1ccc(Cl)c(C(=O)N2CC(C)OCC2C)c1. The third-order valence-electron chi connectivity index (χ3n) is 3.74. The molecule has 134 valence electrons. The van der Waals surface area contributed by atoms with Gasteiger partial charge < -0.3 is 9.64 Å². The van der Waals surface area contributed by atoms with Crippen LogP contribution in [-0.2, 0) is 14.8 Å². The van der Waals surface area contributed by atoms with Crippen LogP contribution in [0.3, 0.4) is 0 Å². The highest BCUT2D eigenvalue weighted by Crippen LogP contribution is 2.24. The molecule has 0 saturated carbocycles. The van der Waals surface area contributed by atoms with Crippen LogP contribution in [0.15, 0.2) is 23.1 Å². The lowest BCUT2D eigenvalue weighted by Crippen LogP contribution is -2.50. The number of rotatable bonds is 4. The quantitative estimate of drug-likeness (QED) is 0.877. The van der Waals surface area contributed by atoms with Crippen molar-refractivity contribution in [3.63, 3.8) is 0 Å². The summed E-state index contributed by atoms with van der Waals surface area (Å²) in [5, 5.41) is 0.231. The fourth-order valence-corrected chi connectivity index (χ4v) is 4.03. The van der Waals surface area contributed by atoms with Gasteiger partial charge >= 0.3 is 0 Å². The normalized spacial score (nSPS) is 22.0. The van der Waals surface area contributed by atoms with Crippen LogP contribution in [-0.4, -0.2) is 50.6 Å². The standard InChI is InChI=1S/C16H23ClN2O4S/c1-10(2)18-24(21,22)13-5-6-15(17)14(7-13)16(20)19-8-12(4)23-9-11(19)3/h5-7,10-12,18H,8-9H2,1-4H3. The predicted molar refractivity (Wildman–Crippen MR) is 92.8 cm³/mol. The van der Waals surface area contributed by atoms with Crippen molar-refractivity contribution < 1.29 is 17.9 Å². The average molecular weight is 375 g/mol. The number of carbonyl (C=O) groups is 1. The third kappa shape index (κ3) is 4.27. The Labute approximate surface area is 148 Å². The molecule has 1 saturated heterocycles. The maximum atomic E-state index is 12.8. The minimum atomic E-state index is -3.69. The Morgan fingerprint density at radius 3 is 2.67 bits per heavy atom. The number of nitrogens with zero attached hydrogens (tertiary/aromatic N) is 1. The molecule has 0 spiro atoms. The topological polar surface area (TPSA) is 75.7 Å². The van der Waals surface area contributed by atoms with Gasteiger partial charge in [0.25, 0.3) is 5.91 Å². The zero-order chi connectivity index (χ0) is 18.1. The second kappa shape index (κ2) is 7.39. The summed E-state index contributed by atoms with van der Waals surface area (Å²) in [7, 11) is -3.69. The van der Waals surface area contributed by atoms with Crippen molar-refractivity contribution in [2.24, 2.45) is 0 Å². The van der Waals surface area contributed by atoms with Crippen molar-refractivity contribution in [2.75, 3.05) is 13.2 Å². The Morgan fingerprint density at radius 2 is 2.04 bits per heavy atom. The van der Waals surface area contributed by atoms with E-state index in [2.05, 4.69) is 4.72 Å². The molecule has 6 nitrogen and oxygen atoms in total. The summed E-state index contributed by atoms with van der Waals surface area (Å²) in [4.78, 5) is 14.5. The van der Waals surface area contributed by atoms with E-state index in [1.165, 1.54) is 18.2 Å². The summed E-state index contributed by atoms with van der Waals surface area (Å²) in [5.41, 5.74) is 0.184. The minimum Gasteiger partial charge on any atom is -0.375 e. The van der Waals surface area contributed by atoms with E-state index in [1.54, 1.807) is 18.7 Å². The monoisotopic (exact) mass is 374 g/mol. The first-order chi connectivity index (χ1) is 11.1. The number of amides is 1. The molecule has 1 amide bonds. The number of benzene rings is 1. The molecule has 2 rings (SSSR count). The number of ether oxygens (including phenoxy) is 1. The molecule has 1 heterocycles. The Balaban J connectivity index is 2.36. The number of nitrogens with one attached hydrogen (secondary N) is 1. The van der Waals surface area contributed by atoms with Gasteiger partial charge in [-0.25, -0.2) is 13.1 Å². The molecule has 0 bridgehead atoms. The molecule has 0 radical (unpaired) electrons. The number of hydrogen-bond donors (Lipinski definition) is 1. The van der Waals surface area contributed by atoms with Crippen LogP contribution in [0.25, 0.3) is 0 Å². The first kappa shape index (κ1) is 19.2. The fourth-order valence-electron chi connectivity index (χ4n) is 2.55. The van der Waals surface area contributed by atoms with Crippen LogP contribution in [0.1, 0.15) is 38.1 Å². The van der Waals surface area contributed by atoms with Gasteiger partial charge in [0, 0.05) is 12.6 Å². The number of hydrogen-bond acceptors (Lipinski definition) is 4. The van der Waals surface area contributed by atoms with Crippen molar-refractivity contribution in [3.05, 3.63) is 28.8 Å². The summed E-state index contributed by atoms with van der Waals surface area (Å²) >= 11 is 6.16. The van der Waals surface area contributed by atoms with E-state index in [9.17, 15) is 13.2 Å². The van der Waals surface area contributed by atoms with Gasteiger partial charge in [-0.2, -0.15) is 0 Å². The zero-order valence-electron chi connectivity index (χ0n) is 14.2. The first-order valence-corrected chi connectivity index (χ1v) is 9.72. The third-order valence-corrected chi connectivity index (χ3v) is 5.72. The van der Waals surface area contributed by atoms with E-state index in [1.807, 2.05) is 13.8 Å². The van der Waals surface area contributed by atoms with E-state index < -0.39 is 10.0 Å². The van der Waals surface area contributed by atoms with Gasteiger partial charge in [-0.1, -0.05) is 11.6 Å². The Bertz CT molecular complexity index is 721. The molecule has 1 aliphatic heterocycles. The fraction of sp³-hybridized carbons (Fsp3) is 0.562. The number of morpholine rings is 1. The highest BCUT2D eigenvalue weighted by Gasteiger charge is 2.30. The van der Waals surface area contributed by atoms with Crippen LogP contribution >= 0.6 is 11.6 Å². The number of sulfonamides is 1. The summed E-state index contributed by atoms with van der Waals surface area (Å²) in [6, 6.07) is 3.83. The van der Waals surface area contributed by atoms with Gasteiger partial charge in [0.15, 0.2) is 0 Å². The zero-order valence-corrected chi connectivity index (χ0v) is 15.8. The smallest absolute Gasteiger partial charge is 0.255 e. The molecule has 24 heavy (non-hydrogen) atoms. The van der Waals surface area contributed by atoms with E-state index in [0.29, 0.717) is 13.2 Å². The molecule has 2 unspecified atom stereocenters. The minimum absolute atomic E-state index is 0.0258. The van der Waals surface area contributed by atoms with Crippen molar-refractivity contribution in [3.8, 4) is 0 Å². The van der Waals surface area contributed by atoms with Gasteiger partial charge in [-0.05, 0) is 45.9 Å². The first-order valence-electron chi connectivity index (χ1n) is 7.86. The molecular formula is C16H23ClN2O4S. The maximum absolute atomic E-state index is 12.8. The van der Waals surface area contributed by atoms with Crippen molar-refractivity contribution >= 4 is 27.5 Å². The molecule has 2 atom stereocenters. The molecule has 8 heteroatoms. The lowest BCUT2D eigenvalue weighted by atomic mass is 10.1. The number of halogens is 1. The van der Waals surface area contributed by atoms with E-state index >= 15 is 0 Å². The lowest BCUT2D eigenvalue weighted by Gasteiger charge is -2.37. The van der Waals surface area contributed by atoms with Crippen LogP contribution in [0, 0.1) is 0 Å². The van der Waals surface area contributed by atoms with Crippen molar-refractivity contribution in [1.29, 1.82) is 0 Å². The highest BCUT2D eigenvalue weighted by atomic mass is 35.5. The Kier molecular flexibility index (Phi) is 5.91. The molecule has 1 aromatic carbocycles. The number of carbonyl (C=O) groups excluding carboxylic acids is 1. The van der Waals surface area contributed by atoms with Gasteiger partial charge in [0.1, 0.15) is 0 Å². The maximum Gasteiger partial charge on any atom is 0.255 e. The van der Waals surface area contributed by atoms with Gasteiger partial charge in [-0.15, -0.1) is 0 Å². The summed E-state index contributed by atoms with van der Waals surface area (Å²) in [5.74, 6) is -0.288. The second-order valence-corrected chi connectivity index (χ2v) is 8.49. The Hall–Kier alpha value is -1.15. The van der Waals surface area contributed by atoms with Crippen LogP contribution in [0.4, 0.5) is 0 Å². The molecular weight excluding hydrogens is 352 g/mol. The van der Waals surface area contributed by atoms with Gasteiger partial charge in [-0.3, -0.25) is 4.79 Å². The largest absolute Gasteiger partial charge is 0.375 e. The van der Waals surface area contributed by atoms with E-state index in [4.69, 9.17) is 16.3 Å². The lowest BCUT2D eigenvalue weighted by molar-refractivity contribution is -0.0387. The van der Waals surface area contributed by atoms with Crippen molar-refractivity contribution in [2.45, 2.75) is 50.8 Å². The average Bonchev–Trinajstić information content (AvgIpc) is 2.48. The second-order valence-electron chi connectivity index (χ2n) is 6.37. The molecule has 0 aliphatic carbocycles. The van der Waals surface area contributed by atoms with Gasteiger partial charge in [0.05, 0.1) is 34.2 Å². The summed E-state index contributed by atoms with van der Waals surface area (Å²) in [6.07, 6.45) is -0.0709. The van der Waals surface area contributed by atoms with Crippen LogP contribution in [0.2, 0.25) is 5.02 Å². The van der Waals surface area contributed by atoms with Crippen LogP contribution in [0.5, 0.6) is 0 Å². The predicted octanol–water partition coefficient (Wildman–Crippen LogP) is 2.28. The molecule has 0 aromatic heterocycles. The van der Waals surface area contributed by atoms with Crippen molar-refractivity contribution in [1.82, 2.24) is 9.62 Å². The van der Waals surface area contributed by atoms with E-state index in [0.717, 1.165) is 0 Å². The molecule has 1 aliphatic rings. The van der Waals surface area contributed by atoms with E-state index in [-0.39, 0.29) is 39.6 Å². The highest BCUT2D eigenvalue weighted by molar-refractivity contribution is 7.89. The summed E-state index contributed by atoms with van der Waals surface area (Å²) in [6.45, 7) is 8.13. The molecule has 1 N–H and O–H groups in total.